The molecular formula is C20H24N2O6S. The first-order valence-electron chi connectivity index (χ1n) is 8.94. The molecule has 2 aromatic carbocycles. The number of carbonyl (C=O) groups is 2. The van der Waals surface area contributed by atoms with E-state index < -0.39 is 28.0 Å². The third-order valence-electron chi connectivity index (χ3n) is 4.07. The normalized spacial score (nSPS) is 12.0. The molecular weight excluding hydrogens is 396 g/mol. The van der Waals surface area contributed by atoms with Crippen molar-refractivity contribution >= 4 is 27.6 Å². The second kappa shape index (κ2) is 9.42. The molecule has 0 saturated heterocycles. The molecule has 0 aromatic heterocycles. The van der Waals surface area contributed by atoms with Crippen molar-refractivity contribution in [1.29, 1.82) is 0 Å². The van der Waals surface area contributed by atoms with Crippen molar-refractivity contribution in [3.8, 4) is 5.75 Å². The number of hydrogen-bond donors (Lipinski definition) is 2. The molecule has 0 heterocycles. The molecule has 0 unspecified atom stereocenters. The molecule has 0 bridgehead atoms. The Balaban J connectivity index is 2.30. The monoisotopic (exact) mass is 420 g/mol. The molecule has 9 heteroatoms. The van der Waals surface area contributed by atoms with Gasteiger partial charge in [0.1, 0.15) is 5.75 Å². The first kappa shape index (κ1) is 22.2. The first-order valence-corrected chi connectivity index (χ1v) is 10.4. The average molecular weight is 420 g/mol. The van der Waals surface area contributed by atoms with Crippen LogP contribution in [-0.2, 0) is 19.6 Å². The lowest BCUT2D eigenvalue weighted by Crippen LogP contribution is -2.35. The van der Waals surface area contributed by atoms with Crippen molar-refractivity contribution in [2.75, 3.05) is 18.4 Å². The minimum absolute atomic E-state index is 0.0205. The molecule has 0 spiro atoms. The van der Waals surface area contributed by atoms with Crippen LogP contribution in [0.25, 0.3) is 0 Å². The van der Waals surface area contributed by atoms with Crippen LogP contribution >= 0.6 is 0 Å². The predicted molar refractivity (Wildman–Crippen MR) is 109 cm³/mol. The summed E-state index contributed by atoms with van der Waals surface area (Å²) >= 11 is 0. The fourth-order valence-electron chi connectivity index (χ4n) is 2.55. The molecule has 0 radical (unpaired) electrons. The summed E-state index contributed by atoms with van der Waals surface area (Å²) in [5.41, 5.74) is 0.736. The Kier molecular flexibility index (Phi) is 7.22. The van der Waals surface area contributed by atoms with E-state index in [0.717, 1.165) is 0 Å². The zero-order valence-corrected chi connectivity index (χ0v) is 17.5. The molecule has 29 heavy (non-hydrogen) atoms. The van der Waals surface area contributed by atoms with E-state index in [1.165, 1.54) is 32.2 Å². The van der Waals surface area contributed by atoms with Crippen molar-refractivity contribution < 1.29 is 27.5 Å². The maximum Gasteiger partial charge on any atom is 0.338 e. The van der Waals surface area contributed by atoms with Gasteiger partial charge in [-0.2, -0.15) is 0 Å². The highest BCUT2D eigenvalue weighted by Crippen LogP contribution is 2.27. The quantitative estimate of drug-likeness (QED) is 0.635. The lowest BCUT2D eigenvalue weighted by Gasteiger charge is -2.15. The standard InChI is InChI=1S/C20H24N2O6S/c1-5-21-19(23)14(3)28-20(24)15-11-10-13(2)18(12-15)29(25,26)22-16-8-6-7-9-17(16)27-4/h6-12,14,22H,5H2,1-4H3,(H,21,23)/t14-/m1/s1. The van der Waals surface area contributed by atoms with E-state index in [1.54, 1.807) is 38.1 Å². The molecule has 0 aliphatic carbocycles. The molecule has 0 fully saturated rings. The van der Waals surface area contributed by atoms with Crippen LogP contribution in [0.3, 0.4) is 0 Å². The maximum atomic E-state index is 12.9. The Morgan fingerprint density at radius 2 is 1.83 bits per heavy atom. The van der Waals surface area contributed by atoms with E-state index in [-0.39, 0.29) is 16.1 Å². The van der Waals surface area contributed by atoms with E-state index in [1.807, 2.05) is 0 Å². The smallest absolute Gasteiger partial charge is 0.338 e. The maximum absolute atomic E-state index is 12.9. The third-order valence-corrected chi connectivity index (χ3v) is 5.58. The summed E-state index contributed by atoms with van der Waals surface area (Å²) in [6.45, 7) is 5.21. The van der Waals surface area contributed by atoms with Crippen LogP contribution in [0.15, 0.2) is 47.4 Å². The summed E-state index contributed by atoms with van der Waals surface area (Å²) in [7, 11) is -2.57. The Hall–Kier alpha value is -3.07. The van der Waals surface area contributed by atoms with Gasteiger partial charge in [0.2, 0.25) is 0 Å². The minimum Gasteiger partial charge on any atom is -0.495 e. The van der Waals surface area contributed by atoms with Gasteiger partial charge in [-0.25, -0.2) is 13.2 Å². The Labute approximate surface area is 170 Å². The van der Waals surface area contributed by atoms with Crippen LogP contribution < -0.4 is 14.8 Å². The zero-order chi connectivity index (χ0) is 21.6. The summed E-state index contributed by atoms with van der Waals surface area (Å²) in [6, 6.07) is 10.8. The van der Waals surface area contributed by atoms with Crippen LogP contribution in [-0.4, -0.2) is 40.1 Å². The molecule has 2 N–H and O–H groups in total. The third kappa shape index (κ3) is 5.47. The predicted octanol–water partition coefficient (Wildman–Crippen LogP) is 2.49. The van der Waals surface area contributed by atoms with Gasteiger partial charge in [0.15, 0.2) is 6.10 Å². The van der Waals surface area contributed by atoms with Crippen LogP contribution in [0, 0.1) is 6.92 Å². The topological polar surface area (TPSA) is 111 Å². The lowest BCUT2D eigenvalue weighted by atomic mass is 10.1. The number of rotatable bonds is 8. The van der Waals surface area contributed by atoms with E-state index >= 15 is 0 Å². The SMILES string of the molecule is CCNC(=O)[C@@H](C)OC(=O)c1ccc(C)c(S(=O)(=O)Nc2ccccc2OC)c1. The molecule has 1 amide bonds. The van der Waals surface area contributed by atoms with Crippen molar-refractivity contribution in [3.05, 3.63) is 53.6 Å². The number of nitrogens with one attached hydrogen (secondary N) is 2. The van der Waals surface area contributed by atoms with Crippen LogP contribution in [0.2, 0.25) is 0 Å². The Morgan fingerprint density at radius 3 is 2.48 bits per heavy atom. The number of sulfonamides is 1. The van der Waals surface area contributed by atoms with Gasteiger partial charge in [-0.1, -0.05) is 18.2 Å². The molecule has 156 valence electrons. The van der Waals surface area contributed by atoms with Crippen molar-refractivity contribution in [1.82, 2.24) is 5.32 Å². The van der Waals surface area contributed by atoms with Gasteiger partial charge < -0.3 is 14.8 Å². The van der Waals surface area contributed by atoms with E-state index in [2.05, 4.69) is 10.0 Å². The molecule has 8 nitrogen and oxygen atoms in total. The molecule has 0 aliphatic rings. The fraction of sp³-hybridized carbons (Fsp3) is 0.300. The number of amides is 1. The molecule has 2 rings (SSSR count). The lowest BCUT2D eigenvalue weighted by molar-refractivity contribution is -0.128. The van der Waals surface area contributed by atoms with Gasteiger partial charge in [0.05, 0.1) is 23.3 Å². The number of hydrogen-bond acceptors (Lipinski definition) is 6. The number of esters is 1. The van der Waals surface area contributed by atoms with Gasteiger partial charge in [-0.05, 0) is 50.6 Å². The van der Waals surface area contributed by atoms with E-state index in [4.69, 9.17) is 9.47 Å². The molecule has 0 saturated carbocycles. The van der Waals surface area contributed by atoms with E-state index in [0.29, 0.717) is 17.9 Å². The zero-order valence-electron chi connectivity index (χ0n) is 16.7. The second-order valence-electron chi connectivity index (χ2n) is 6.23. The number of aryl methyl sites for hydroxylation is 1. The molecule has 0 aliphatic heterocycles. The number of carbonyl (C=O) groups excluding carboxylic acids is 2. The summed E-state index contributed by atoms with van der Waals surface area (Å²) in [5, 5.41) is 2.55. The van der Waals surface area contributed by atoms with Crippen molar-refractivity contribution in [2.45, 2.75) is 31.8 Å². The van der Waals surface area contributed by atoms with E-state index in [9.17, 15) is 18.0 Å². The van der Waals surface area contributed by atoms with Crippen molar-refractivity contribution in [2.24, 2.45) is 0 Å². The fourth-order valence-corrected chi connectivity index (χ4v) is 3.89. The van der Waals surface area contributed by atoms with Gasteiger partial charge in [-0.3, -0.25) is 9.52 Å². The highest BCUT2D eigenvalue weighted by atomic mass is 32.2. The number of para-hydroxylation sites is 2. The average Bonchev–Trinajstić information content (AvgIpc) is 2.68. The highest BCUT2D eigenvalue weighted by molar-refractivity contribution is 7.92. The number of ether oxygens (including phenoxy) is 2. The van der Waals surface area contributed by atoms with Crippen LogP contribution in [0.4, 0.5) is 5.69 Å². The Bertz CT molecular complexity index is 1000. The number of benzene rings is 2. The molecule has 2 aromatic rings. The highest BCUT2D eigenvalue weighted by Gasteiger charge is 2.23. The van der Waals surface area contributed by atoms with Crippen LogP contribution in [0.1, 0.15) is 29.8 Å². The second-order valence-corrected chi connectivity index (χ2v) is 7.88. The van der Waals surface area contributed by atoms with Gasteiger partial charge >= 0.3 is 5.97 Å². The number of likely N-dealkylation sites (N-methyl/N-ethyl adjacent to an activating group) is 1. The van der Waals surface area contributed by atoms with Crippen LogP contribution in [0.5, 0.6) is 5.75 Å². The first-order chi connectivity index (χ1) is 13.7. The summed E-state index contributed by atoms with van der Waals surface area (Å²) in [4.78, 5) is 24.0. The van der Waals surface area contributed by atoms with Gasteiger partial charge in [-0.15, -0.1) is 0 Å². The number of anilines is 1. The van der Waals surface area contributed by atoms with Gasteiger partial charge in [0, 0.05) is 6.54 Å². The summed E-state index contributed by atoms with van der Waals surface area (Å²) in [5.74, 6) is -0.865. The summed E-state index contributed by atoms with van der Waals surface area (Å²) < 4.78 is 38.6. The Morgan fingerprint density at radius 1 is 1.14 bits per heavy atom. The number of methoxy groups -OCH3 is 1. The molecule has 1 atom stereocenters. The van der Waals surface area contributed by atoms with Crippen molar-refractivity contribution in [3.63, 3.8) is 0 Å². The largest absolute Gasteiger partial charge is 0.495 e. The minimum atomic E-state index is -4.00. The van der Waals surface area contributed by atoms with Gasteiger partial charge in [0.25, 0.3) is 15.9 Å². The summed E-state index contributed by atoms with van der Waals surface area (Å²) in [6.07, 6.45) is -1.00.